The minimum absolute atomic E-state index is 0.0253. The maximum Gasteiger partial charge on any atom is 0.190 e. The largest absolute Gasteiger partial charge is 0.482 e. The van der Waals surface area contributed by atoms with Gasteiger partial charge in [-0.3, -0.25) is 4.79 Å². The number of hydrogen-bond acceptors (Lipinski definition) is 3. The van der Waals surface area contributed by atoms with Crippen LogP contribution in [0.25, 0.3) is 0 Å². The number of carbonyl (C=O) groups excluding carboxylic acids is 1. The minimum Gasteiger partial charge on any atom is -0.482 e. The number of thioether (sulfide) groups is 1. The molecule has 0 spiro atoms. The number of benzene rings is 1. The molecule has 1 fully saturated rings. The molecule has 0 radical (unpaired) electrons. The summed E-state index contributed by atoms with van der Waals surface area (Å²) in [6.07, 6.45) is 1.57. The number of hydrogen-bond donors (Lipinski definition) is 0. The monoisotopic (exact) mass is 268 g/mol. The molecule has 17 heavy (non-hydrogen) atoms. The van der Waals surface area contributed by atoms with Gasteiger partial charge >= 0.3 is 0 Å². The van der Waals surface area contributed by atoms with Gasteiger partial charge in [-0.15, -0.1) is 11.6 Å². The van der Waals surface area contributed by atoms with Crippen molar-refractivity contribution in [3.05, 3.63) is 46.6 Å². The van der Waals surface area contributed by atoms with Crippen LogP contribution < -0.4 is 0 Å². The van der Waals surface area contributed by atoms with Gasteiger partial charge in [0.1, 0.15) is 6.10 Å². The Morgan fingerprint density at radius 1 is 1.53 bits per heavy atom. The van der Waals surface area contributed by atoms with Crippen LogP contribution >= 0.6 is 23.4 Å². The first-order valence-corrected chi connectivity index (χ1v) is 6.89. The Bertz CT molecular complexity index is 439. The number of ether oxygens (including phenoxy) is 1. The molecule has 1 atom stereocenters. The van der Waals surface area contributed by atoms with E-state index in [1.807, 2.05) is 31.2 Å². The normalized spacial score (nSPS) is 21.5. The van der Waals surface area contributed by atoms with E-state index in [4.69, 9.17) is 16.3 Å². The molecule has 2 rings (SSSR count). The zero-order valence-electron chi connectivity index (χ0n) is 9.48. The summed E-state index contributed by atoms with van der Waals surface area (Å²) in [5.74, 6) is 1.25. The third kappa shape index (κ3) is 3.27. The molecule has 0 N–H and O–H groups in total. The SMILES string of the molecule is Cc1ccc(C(=O)/C=C2/OC(CCl)CS2)cc1. The Kier molecular flexibility index (Phi) is 4.13. The molecule has 0 aromatic heterocycles. The first-order valence-electron chi connectivity index (χ1n) is 5.37. The van der Waals surface area contributed by atoms with Crippen molar-refractivity contribution in [2.24, 2.45) is 0 Å². The lowest BCUT2D eigenvalue weighted by atomic mass is 10.1. The highest BCUT2D eigenvalue weighted by atomic mass is 35.5. The van der Waals surface area contributed by atoms with E-state index >= 15 is 0 Å². The van der Waals surface area contributed by atoms with Crippen LogP contribution in [0, 0.1) is 6.92 Å². The minimum atomic E-state index is -0.0253. The molecule has 0 amide bonds. The van der Waals surface area contributed by atoms with E-state index in [9.17, 15) is 4.79 Å². The summed E-state index contributed by atoms with van der Waals surface area (Å²) in [5.41, 5.74) is 1.82. The summed E-state index contributed by atoms with van der Waals surface area (Å²) in [6, 6.07) is 7.51. The van der Waals surface area contributed by atoms with Gasteiger partial charge in [0.25, 0.3) is 0 Å². The predicted molar refractivity (Wildman–Crippen MR) is 71.6 cm³/mol. The fourth-order valence-corrected chi connectivity index (χ4v) is 2.70. The van der Waals surface area contributed by atoms with Crippen molar-refractivity contribution in [3.8, 4) is 0 Å². The molecule has 1 aliphatic rings. The van der Waals surface area contributed by atoms with Gasteiger partial charge in [0.05, 0.1) is 5.88 Å². The highest BCUT2D eigenvalue weighted by molar-refractivity contribution is 8.03. The van der Waals surface area contributed by atoms with Crippen LogP contribution in [0.3, 0.4) is 0 Å². The van der Waals surface area contributed by atoms with Gasteiger partial charge < -0.3 is 4.74 Å². The van der Waals surface area contributed by atoms with Crippen LogP contribution in [0.5, 0.6) is 0 Å². The van der Waals surface area contributed by atoms with E-state index in [1.54, 1.807) is 6.08 Å². The van der Waals surface area contributed by atoms with Crippen LogP contribution in [0.4, 0.5) is 0 Å². The molecule has 90 valence electrons. The van der Waals surface area contributed by atoms with Crippen LogP contribution in [0.2, 0.25) is 0 Å². The van der Waals surface area contributed by atoms with Gasteiger partial charge in [0.15, 0.2) is 10.9 Å². The summed E-state index contributed by atoms with van der Waals surface area (Å²) in [6.45, 7) is 1.99. The Morgan fingerprint density at radius 2 is 2.24 bits per heavy atom. The van der Waals surface area contributed by atoms with Gasteiger partial charge in [0.2, 0.25) is 0 Å². The molecule has 1 saturated heterocycles. The highest BCUT2D eigenvalue weighted by Gasteiger charge is 2.21. The Hall–Kier alpha value is -0.930. The number of allylic oxidation sites excluding steroid dienone is 1. The molecule has 1 aliphatic heterocycles. The third-order valence-corrected chi connectivity index (χ3v) is 3.83. The maximum atomic E-state index is 11.9. The average Bonchev–Trinajstić information content (AvgIpc) is 2.77. The smallest absolute Gasteiger partial charge is 0.190 e. The molecule has 0 bridgehead atoms. The second-order valence-corrected chi connectivity index (χ2v) is 5.23. The van der Waals surface area contributed by atoms with Crippen LogP contribution in [0.15, 0.2) is 35.4 Å². The molecule has 1 heterocycles. The molecule has 2 nitrogen and oxygen atoms in total. The van der Waals surface area contributed by atoms with Gasteiger partial charge in [-0.05, 0) is 6.92 Å². The van der Waals surface area contributed by atoms with Gasteiger partial charge in [0, 0.05) is 17.4 Å². The summed E-state index contributed by atoms with van der Waals surface area (Å²) in [5, 5.41) is 0.668. The van der Waals surface area contributed by atoms with Crippen LogP contribution in [0.1, 0.15) is 15.9 Å². The molecule has 1 aromatic carbocycles. The summed E-state index contributed by atoms with van der Waals surface area (Å²) in [7, 11) is 0. The van der Waals surface area contributed by atoms with Crippen molar-refractivity contribution in [1.82, 2.24) is 0 Å². The first-order chi connectivity index (χ1) is 8.19. The Morgan fingerprint density at radius 3 is 2.82 bits per heavy atom. The average molecular weight is 269 g/mol. The van der Waals surface area contributed by atoms with Crippen molar-refractivity contribution < 1.29 is 9.53 Å². The number of alkyl halides is 1. The van der Waals surface area contributed by atoms with E-state index in [2.05, 4.69) is 0 Å². The lowest BCUT2D eigenvalue weighted by molar-refractivity contribution is 0.103. The number of rotatable bonds is 3. The zero-order valence-corrected chi connectivity index (χ0v) is 11.1. The fraction of sp³-hybridized carbons (Fsp3) is 0.308. The van der Waals surface area contributed by atoms with Gasteiger partial charge in [-0.25, -0.2) is 0 Å². The molecule has 1 aromatic rings. The van der Waals surface area contributed by atoms with Crippen molar-refractivity contribution in [2.75, 3.05) is 11.6 Å². The van der Waals surface area contributed by atoms with Gasteiger partial charge in [-0.1, -0.05) is 41.6 Å². The second kappa shape index (κ2) is 5.61. The first kappa shape index (κ1) is 12.5. The molecule has 1 unspecified atom stereocenters. The molecule has 4 heteroatoms. The Balaban J connectivity index is 2.06. The molecular weight excluding hydrogens is 256 g/mol. The zero-order chi connectivity index (χ0) is 12.3. The maximum absolute atomic E-state index is 11.9. The molecular formula is C13H13ClO2S. The van der Waals surface area contributed by atoms with Crippen LogP contribution in [-0.4, -0.2) is 23.5 Å². The van der Waals surface area contributed by atoms with Crippen molar-refractivity contribution in [3.63, 3.8) is 0 Å². The molecule has 0 saturated carbocycles. The predicted octanol–water partition coefficient (Wildman–Crippen LogP) is 3.39. The number of aryl methyl sites for hydroxylation is 1. The topological polar surface area (TPSA) is 26.3 Å². The third-order valence-electron chi connectivity index (χ3n) is 2.45. The lowest BCUT2D eigenvalue weighted by Gasteiger charge is -2.04. The second-order valence-electron chi connectivity index (χ2n) is 3.90. The molecule has 0 aliphatic carbocycles. The standard InChI is InChI=1S/C13H13ClO2S/c1-9-2-4-10(5-3-9)12(15)6-13-16-11(7-14)8-17-13/h2-6,11H,7-8H2,1H3/b13-6-. The van der Waals surface area contributed by atoms with Crippen molar-refractivity contribution >= 4 is 29.1 Å². The van der Waals surface area contributed by atoms with E-state index in [0.29, 0.717) is 16.5 Å². The van der Waals surface area contributed by atoms with Gasteiger partial charge in [-0.2, -0.15) is 0 Å². The quantitative estimate of drug-likeness (QED) is 0.478. The summed E-state index contributed by atoms with van der Waals surface area (Å²) >= 11 is 7.23. The van der Waals surface area contributed by atoms with E-state index in [0.717, 1.165) is 11.3 Å². The highest BCUT2D eigenvalue weighted by Crippen LogP contribution is 2.29. The number of halogens is 1. The Labute approximate surface area is 110 Å². The van der Waals surface area contributed by atoms with E-state index in [-0.39, 0.29) is 11.9 Å². The van der Waals surface area contributed by atoms with E-state index < -0.39 is 0 Å². The summed E-state index contributed by atoms with van der Waals surface area (Å²) < 4.78 is 5.50. The van der Waals surface area contributed by atoms with Crippen LogP contribution in [-0.2, 0) is 4.74 Å². The lowest BCUT2D eigenvalue weighted by Crippen LogP contribution is -2.09. The summed E-state index contributed by atoms with van der Waals surface area (Å²) in [4.78, 5) is 11.9. The van der Waals surface area contributed by atoms with Crippen molar-refractivity contribution in [2.45, 2.75) is 13.0 Å². The van der Waals surface area contributed by atoms with E-state index in [1.165, 1.54) is 11.8 Å². The fourth-order valence-electron chi connectivity index (χ4n) is 1.47. The van der Waals surface area contributed by atoms with Crippen molar-refractivity contribution in [1.29, 1.82) is 0 Å². The number of ketones is 1. The number of carbonyl (C=O) groups is 1.